The van der Waals surface area contributed by atoms with Gasteiger partial charge in [-0.15, -0.1) is 12.4 Å². The van der Waals surface area contributed by atoms with Gasteiger partial charge in [-0.05, 0) is 18.6 Å². The van der Waals surface area contributed by atoms with Gasteiger partial charge in [0.15, 0.2) is 0 Å². The van der Waals surface area contributed by atoms with Gasteiger partial charge in [-0.2, -0.15) is 0 Å². The third-order valence-corrected chi connectivity index (χ3v) is 4.08. The first-order valence-corrected chi connectivity index (χ1v) is 7.29. The average Bonchev–Trinajstić information content (AvgIpc) is 2.47. The summed E-state index contributed by atoms with van der Waals surface area (Å²) in [6.45, 7) is 4.25. The van der Waals surface area contributed by atoms with E-state index < -0.39 is 0 Å². The molecule has 0 aromatic heterocycles. The Labute approximate surface area is 137 Å². The fraction of sp³-hybridized carbons (Fsp3) is 0.533. The molecule has 118 valence electrons. The highest BCUT2D eigenvalue weighted by Gasteiger charge is 2.23. The number of carbonyl (C=O) groups is 1. The summed E-state index contributed by atoms with van der Waals surface area (Å²) in [5.41, 5.74) is 0.965. The maximum absolute atomic E-state index is 12.3. The standard InChI is InChI=1S/C15H21ClN2O2.ClH/c1-11(13-5-3-4-6-14(13)16)18(2)15(19)9-12-10-17-7-8-20-12;/h3-6,11-12,17H,7-10H2,1-2H3;1H. The Kier molecular flexibility index (Phi) is 7.46. The molecule has 1 aliphatic rings. The van der Waals surface area contributed by atoms with E-state index in [4.69, 9.17) is 16.3 Å². The molecule has 0 bridgehead atoms. The van der Waals surface area contributed by atoms with E-state index in [9.17, 15) is 4.79 Å². The summed E-state index contributed by atoms with van der Waals surface area (Å²) in [5, 5.41) is 3.92. The van der Waals surface area contributed by atoms with Gasteiger partial charge >= 0.3 is 0 Å². The molecule has 4 nitrogen and oxygen atoms in total. The van der Waals surface area contributed by atoms with Crippen molar-refractivity contribution < 1.29 is 9.53 Å². The fourth-order valence-electron chi connectivity index (χ4n) is 2.33. The van der Waals surface area contributed by atoms with Gasteiger partial charge in [-0.25, -0.2) is 0 Å². The molecule has 1 fully saturated rings. The molecule has 2 unspecified atom stereocenters. The molecule has 1 amide bonds. The van der Waals surface area contributed by atoms with Crippen molar-refractivity contribution in [2.45, 2.75) is 25.5 Å². The molecule has 0 radical (unpaired) electrons. The van der Waals surface area contributed by atoms with Crippen LogP contribution in [0, 0.1) is 0 Å². The number of hydrogen-bond donors (Lipinski definition) is 1. The van der Waals surface area contributed by atoms with E-state index in [1.165, 1.54) is 0 Å². The molecule has 21 heavy (non-hydrogen) atoms. The van der Waals surface area contributed by atoms with Crippen LogP contribution in [0.5, 0.6) is 0 Å². The molecule has 0 spiro atoms. The monoisotopic (exact) mass is 332 g/mol. The molecular formula is C15H22Cl2N2O2. The summed E-state index contributed by atoms with van der Waals surface area (Å²) in [5.74, 6) is 0.0751. The third kappa shape index (κ3) is 4.85. The van der Waals surface area contributed by atoms with E-state index in [1.54, 1.807) is 4.90 Å². The van der Waals surface area contributed by atoms with Crippen molar-refractivity contribution in [1.29, 1.82) is 0 Å². The molecule has 0 aliphatic carbocycles. The minimum Gasteiger partial charge on any atom is -0.375 e. The Morgan fingerprint density at radius 2 is 2.24 bits per heavy atom. The molecule has 0 saturated carbocycles. The van der Waals surface area contributed by atoms with Crippen LogP contribution in [0.4, 0.5) is 0 Å². The average molecular weight is 333 g/mol. The van der Waals surface area contributed by atoms with E-state index in [2.05, 4.69) is 5.32 Å². The Hall–Kier alpha value is -0.810. The lowest BCUT2D eigenvalue weighted by Gasteiger charge is -2.29. The smallest absolute Gasteiger partial charge is 0.225 e. The molecule has 1 aliphatic heterocycles. The molecule has 6 heteroatoms. The Balaban J connectivity index is 0.00000220. The molecule has 1 aromatic rings. The number of nitrogens with one attached hydrogen (secondary N) is 1. The van der Waals surface area contributed by atoms with E-state index in [0.29, 0.717) is 18.1 Å². The van der Waals surface area contributed by atoms with Crippen molar-refractivity contribution in [1.82, 2.24) is 10.2 Å². The van der Waals surface area contributed by atoms with Gasteiger partial charge in [0.05, 0.1) is 25.2 Å². The number of nitrogens with zero attached hydrogens (tertiary/aromatic N) is 1. The second kappa shape index (κ2) is 8.59. The second-order valence-electron chi connectivity index (χ2n) is 5.10. The third-order valence-electron chi connectivity index (χ3n) is 3.74. The number of carbonyl (C=O) groups excluding carboxylic acids is 1. The normalized spacial score (nSPS) is 19.5. The van der Waals surface area contributed by atoms with Gasteiger partial charge in [-0.1, -0.05) is 29.8 Å². The lowest BCUT2D eigenvalue weighted by atomic mass is 10.1. The SMILES string of the molecule is CC(c1ccccc1Cl)N(C)C(=O)CC1CNCCO1.Cl. The number of rotatable bonds is 4. The maximum Gasteiger partial charge on any atom is 0.225 e. The van der Waals surface area contributed by atoms with Gasteiger partial charge in [0.2, 0.25) is 5.91 Å². The summed E-state index contributed by atoms with van der Waals surface area (Å²) < 4.78 is 5.57. The molecule has 1 N–H and O–H groups in total. The zero-order chi connectivity index (χ0) is 14.5. The van der Waals surface area contributed by atoms with Gasteiger partial charge < -0.3 is 15.0 Å². The Morgan fingerprint density at radius 1 is 1.52 bits per heavy atom. The highest BCUT2D eigenvalue weighted by atomic mass is 35.5. The van der Waals surface area contributed by atoms with Gasteiger partial charge in [0.25, 0.3) is 0 Å². The van der Waals surface area contributed by atoms with Crippen LogP contribution in [0.1, 0.15) is 24.9 Å². The summed E-state index contributed by atoms with van der Waals surface area (Å²) >= 11 is 6.19. The van der Waals surface area contributed by atoms with Crippen LogP contribution >= 0.6 is 24.0 Å². The number of morpholine rings is 1. The van der Waals surface area contributed by atoms with E-state index in [0.717, 1.165) is 18.7 Å². The largest absolute Gasteiger partial charge is 0.375 e. The van der Waals surface area contributed by atoms with Crippen molar-refractivity contribution in [3.05, 3.63) is 34.9 Å². The topological polar surface area (TPSA) is 41.6 Å². The summed E-state index contributed by atoms with van der Waals surface area (Å²) in [7, 11) is 1.81. The lowest BCUT2D eigenvalue weighted by Crippen LogP contribution is -2.42. The zero-order valence-corrected chi connectivity index (χ0v) is 13.9. The quantitative estimate of drug-likeness (QED) is 0.921. The number of halogens is 2. The first kappa shape index (κ1) is 18.2. The minimum atomic E-state index is -0.0484. The molecule has 2 atom stereocenters. The fourth-order valence-corrected chi connectivity index (χ4v) is 2.62. The van der Waals surface area contributed by atoms with Crippen LogP contribution < -0.4 is 5.32 Å². The summed E-state index contributed by atoms with van der Waals surface area (Å²) in [6, 6.07) is 7.58. The molecule has 1 saturated heterocycles. The lowest BCUT2D eigenvalue weighted by molar-refractivity contribution is -0.135. The van der Waals surface area contributed by atoms with E-state index in [1.807, 2.05) is 38.2 Å². The van der Waals surface area contributed by atoms with Crippen molar-refractivity contribution in [3.8, 4) is 0 Å². The van der Waals surface area contributed by atoms with Gasteiger partial charge in [-0.3, -0.25) is 4.79 Å². The Morgan fingerprint density at radius 3 is 2.86 bits per heavy atom. The van der Waals surface area contributed by atoms with Crippen molar-refractivity contribution in [3.63, 3.8) is 0 Å². The minimum absolute atomic E-state index is 0. The molecular weight excluding hydrogens is 311 g/mol. The number of hydrogen-bond acceptors (Lipinski definition) is 3. The van der Waals surface area contributed by atoms with Crippen LogP contribution in [0.3, 0.4) is 0 Å². The van der Waals surface area contributed by atoms with E-state index in [-0.39, 0.29) is 30.5 Å². The summed E-state index contributed by atoms with van der Waals surface area (Å²) in [4.78, 5) is 14.0. The number of benzene rings is 1. The molecule has 1 aromatic carbocycles. The predicted molar refractivity (Wildman–Crippen MR) is 87.1 cm³/mol. The van der Waals surface area contributed by atoms with Crippen molar-refractivity contribution in [2.75, 3.05) is 26.7 Å². The van der Waals surface area contributed by atoms with Gasteiger partial charge in [0.1, 0.15) is 0 Å². The van der Waals surface area contributed by atoms with Crippen LogP contribution in [0.2, 0.25) is 5.02 Å². The van der Waals surface area contributed by atoms with Crippen LogP contribution in [0.25, 0.3) is 0 Å². The number of amides is 1. The highest BCUT2D eigenvalue weighted by Crippen LogP contribution is 2.26. The molecule has 1 heterocycles. The van der Waals surface area contributed by atoms with Crippen molar-refractivity contribution >= 4 is 29.9 Å². The molecule has 2 rings (SSSR count). The van der Waals surface area contributed by atoms with Crippen LogP contribution in [-0.4, -0.2) is 43.7 Å². The first-order chi connectivity index (χ1) is 9.59. The van der Waals surface area contributed by atoms with Gasteiger partial charge in [0, 0.05) is 25.2 Å². The van der Waals surface area contributed by atoms with Crippen LogP contribution in [-0.2, 0) is 9.53 Å². The predicted octanol–water partition coefficient (Wildman–Crippen LogP) is 2.66. The maximum atomic E-state index is 12.3. The summed E-state index contributed by atoms with van der Waals surface area (Å²) in [6.07, 6.45) is 0.371. The number of ether oxygens (including phenoxy) is 1. The van der Waals surface area contributed by atoms with Crippen LogP contribution in [0.15, 0.2) is 24.3 Å². The Bertz CT molecular complexity index is 465. The highest BCUT2D eigenvalue weighted by molar-refractivity contribution is 6.31. The van der Waals surface area contributed by atoms with Crippen molar-refractivity contribution in [2.24, 2.45) is 0 Å². The van der Waals surface area contributed by atoms with E-state index >= 15 is 0 Å². The first-order valence-electron chi connectivity index (χ1n) is 6.92. The second-order valence-corrected chi connectivity index (χ2v) is 5.51. The zero-order valence-electron chi connectivity index (χ0n) is 12.3.